The molecule has 0 saturated carbocycles. The molecule has 98 valence electrons. The summed E-state index contributed by atoms with van der Waals surface area (Å²) in [6.07, 6.45) is 3.24. The summed E-state index contributed by atoms with van der Waals surface area (Å²) in [5, 5.41) is 12.0. The molecule has 0 saturated heterocycles. The fourth-order valence-electron chi connectivity index (χ4n) is 1.97. The lowest BCUT2D eigenvalue weighted by molar-refractivity contribution is 0.166. The Bertz CT molecular complexity index is 171. The molecule has 0 aliphatic rings. The Labute approximate surface area is 101 Å². The Balaban J connectivity index is 3.80. The fourth-order valence-corrected chi connectivity index (χ4v) is 1.97. The number of hydrogen-bond acceptors (Lipinski definition) is 3. The molecule has 0 rings (SSSR count). The molecule has 0 heterocycles. The van der Waals surface area contributed by atoms with E-state index in [1.165, 1.54) is 6.42 Å². The van der Waals surface area contributed by atoms with E-state index in [2.05, 4.69) is 38.0 Å². The van der Waals surface area contributed by atoms with E-state index in [4.69, 9.17) is 5.11 Å². The maximum Gasteiger partial charge on any atom is 0.0431 e. The fraction of sp³-hybridized carbons (Fsp3) is 1.00. The zero-order chi connectivity index (χ0) is 12.6. The van der Waals surface area contributed by atoms with Crippen molar-refractivity contribution in [2.75, 3.05) is 33.8 Å². The minimum absolute atomic E-state index is 0.292. The highest BCUT2D eigenvalue weighted by molar-refractivity contribution is 4.82. The van der Waals surface area contributed by atoms with Gasteiger partial charge in [0.05, 0.1) is 0 Å². The van der Waals surface area contributed by atoms with Gasteiger partial charge in [0.1, 0.15) is 0 Å². The molecule has 0 aromatic heterocycles. The third kappa shape index (κ3) is 6.46. The van der Waals surface area contributed by atoms with E-state index in [1.54, 1.807) is 0 Å². The SMILES string of the molecule is CNC(C)C(C)(C)CN(C)CCCCCO. The average molecular weight is 230 g/mol. The highest BCUT2D eigenvalue weighted by atomic mass is 16.2. The Hall–Kier alpha value is -0.120. The average Bonchev–Trinajstić information content (AvgIpc) is 2.22. The molecule has 3 heteroatoms. The van der Waals surface area contributed by atoms with Gasteiger partial charge in [-0.3, -0.25) is 0 Å². The van der Waals surface area contributed by atoms with Crippen LogP contribution < -0.4 is 5.32 Å². The first-order chi connectivity index (χ1) is 7.44. The van der Waals surface area contributed by atoms with Crippen LogP contribution in [0.2, 0.25) is 0 Å². The van der Waals surface area contributed by atoms with Crippen LogP contribution in [0.1, 0.15) is 40.0 Å². The van der Waals surface area contributed by atoms with Gasteiger partial charge in [0.25, 0.3) is 0 Å². The Kier molecular flexibility index (Phi) is 7.98. The summed E-state index contributed by atoms with van der Waals surface area (Å²) in [7, 11) is 4.21. The molecule has 0 amide bonds. The quantitative estimate of drug-likeness (QED) is 0.592. The molecule has 0 radical (unpaired) electrons. The lowest BCUT2D eigenvalue weighted by atomic mass is 9.85. The van der Waals surface area contributed by atoms with Crippen molar-refractivity contribution in [2.24, 2.45) is 5.41 Å². The number of nitrogens with one attached hydrogen (secondary N) is 1. The van der Waals surface area contributed by atoms with Crippen LogP contribution >= 0.6 is 0 Å². The summed E-state index contributed by atoms with van der Waals surface area (Å²) in [6.45, 7) is 9.40. The number of rotatable bonds is 9. The van der Waals surface area contributed by atoms with E-state index in [1.807, 2.05) is 7.05 Å². The van der Waals surface area contributed by atoms with Crippen LogP contribution in [0.15, 0.2) is 0 Å². The monoisotopic (exact) mass is 230 g/mol. The number of hydrogen-bond donors (Lipinski definition) is 2. The second-order valence-electron chi connectivity index (χ2n) is 5.52. The molecule has 0 aliphatic carbocycles. The van der Waals surface area contributed by atoms with Crippen LogP contribution in [0.5, 0.6) is 0 Å². The molecule has 0 spiro atoms. The molecule has 0 fully saturated rings. The van der Waals surface area contributed by atoms with Gasteiger partial charge in [-0.2, -0.15) is 0 Å². The largest absolute Gasteiger partial charge is 0.396 e. The van der Waals surface area contributed by atoms with Crippen molar-refractivity contribution in [3.63, 3.8) is 0 Å². The van der Waals surface area contributed by atoms with Crippen LogP contribution in [-0.2, 0) is 0 Å². The first-order valence-electron chi connectivity index (χ1n) is 6.40. The van der Waals surface area contributed by atoms with Gasteiger partial charge < -0.3 is 15.3 Å². The van der Waals surface area contributed by atoms with Gasteiger partial charge in [-0.15, -0.1) is 0 Å². The second kappa shape index (κ2) is 8.04. The van der Waals surface area contributed by atoms with E-state index in [0.29, 0.717) is 18.1 Å². The minimum atomic E-state index is 0.292. The van der Waals surface area contributed by atoms with Crippen molar-refractivity contribution in [1.29, 1.82) is 0 Å². The summed E-state index contributed by atoms with van der Waals surface area (Å²) in [5.74, 6) is 0. The van der Waals surface area contributed by atoms with Gasteiger partial charge in [-0.05, 0) is 52.2 Å². The van der Waals surface area contributed by atoms with Crippen molar-refractivity contribution < 1.29 is 5.11 Å². The van der Waals surface area contributed by atoms with Crippen LogP contribution in [0, 0.1) is 5.41 Å². The molecule has 16 heavy (non-hydrogen) atoms. The van der Waals surface area contributed by atoms with Gasteiger partial charge in [0.2, 0.25) is 0 Å². The molecule has 1 unspecified atom stereocenters. The molecule has 0 aliphatic heterocycles. The highest BCUT2D eigenvalue weighted by Crippen LogP contribution is 2.21. The van der Waals surface area contributed by atoms with Crippen LogP contribution in [0.25, 0.3) is 0 Å². The molecule has 0 aromatic rings. The molecule has 0 aromatic carbocycles. The molecule has 1 atom stereocenters. The molecular weight excluding hydrogens is 200 g/mol. The Morgan fingerprint density at radius 1 is 1.25 bits per heavy atom. The van der Waals surface area contributed by atoms with Gasteiger partial charge in [-0.1, -0.05) is 13.8 Å². The maximum absolute atomic E-state index is 8.70. The van der Waals surface area contributed by atoms with Gasteiger partial charge >= 0.3 is 0 Å². The summed E-state index contributed by atoms with van der Waals surface area (Å²) in [5.41, 5.74) is 0.292. The van der Waals surface area contributed by atoms with E-state index in [0.717, 1.165) is 25.9 Å². The standard InChI is InChI=1S/C13H30N2O/c1-12(14-4)13(2,3)11-15(5)9-7-6-8-10-16/h12,14,16H,6-11H2,1-5H3. The van der Waals surface area contributed by atoms with Crippen LogP contribution in [0.4, 0.5) is 0 Å². The van der Waals surface area contributed by atoms with Crippen molar-refractivity contribution in [3.05, 3.63) is 0 Å². The highest BCUT2D eigenvalue weighted by Gasteiger charge is 2.25. The topological polar surface area (TPSA) is 35.5 Å². The molecule has 0 bridgehead atoms. The van der Waals surface area contributed by atoms with E-state index < -0.39 is 0 Å². The van der Waals surface area contributed by atoms with E-state index in [9.17, 15) is 0 Å². The molecular formula is C13H30N2O. The van der Waals surface area contributed by atoms with Crippen molar-refractivity contribution >= 4 is 0 Å². The van der Waals surface area contributed by atoms with Crippen molar-refractivity contribution in [2.45, 2.75) is 46.1 Å². The Morgan fingerprint density at radius 3 is 2.38 bits per heavy atom. The molecule has 3 nitrogen and oxygen atoms in total. The third-order valence-corrected chi connectivity index (χ3v) is 3.48. The Morgan fingerprint density at radius 2 is 1.88 bits per heavy atom. The zero-order valence-electron chi connectivity index (χ0n) is 11.7. The first-order valence-corrected chi connectivity index (χ1v) is 6.40. The zero-order valence-corrected chi connectivity index (χ0v) is 11.7. The predicted molar refractivity (Wildman–Crippen MR) is 70.7 cm³/mol. The van der Waals surface area contributed by atoms with Gasteiger partial charge in [-0.25, -0.2) is 0 Å². The van der Waals surface area contributed by atoms with Crippen LogP contribution in [0.3, 0.4) is 0 Å². The summed E-state index contributed by atoms with van der Waals surface area (Å²) < 4.78 is 0. The normalized spacial score (nSPS) is 14.4. The number of aliphatic hydroxyl groups is 1. The van der Waals surface area contributed by atoms with E-state index in [-0.39, 0.29) is 0 Å². The second-order valence-corrected chi connectivity index (χ2v) is 5.52. The smallest absolute Gasteiger partial charge is 0.0431 e. The third-order valence-electron chi connectivity index (χ3n) is 3.48. The summed E-state index contributed by atoms with van der Waals surface area (Å²) in [4.78, 5) is 2.39. The van der Waals surface area contributed by atoms with Crippen molar-refractivity contribution in [1.82, 2.24) is 10.2 Å². The summed E-state index contributed by atoms with van der Waals surface area (Å²) in [6, 6.07) is 0.521. The molecule has 2 N–H and O–H groups in total. The summed E-state index contributed by atoms with van der Waals surface area (Å²) >= 11 is 0. The first kappa shape index (κ1) is 15.9. The van der Waals surface area contributed by atoms with Crippen molar-refractivity contribution in [3.8, 4) is 0 Å². The number of aliphatic hydroxyl groups excluding tert-OH is 1. The lowest BCUT2D eigenvalue weighted by Gasteiger charge is -2.35. The maximum atomic E-state index is 8.70. The van der Waals surface area contributed by atoms with Gasteiger partial charge in [0.15, 0.2) is 0 Å². The minimum Gasteiger partial charge on any atom is -0.396 e. The van der Waals surface area contributed by atoms with Gasteiger partial charge in [0, 0.05) is 19.2 Å². The number of nitrogens with zero attached hydrogens (tertiary/aromatic N) is 1. The number of unbranched alkanes of at least 4 members (excludes halogenated alkanes) is 2. The lowest BCUT2D eigenvalue weighted by Crippen LogP contribution is -2.44. The van der Waals surface area contributed by atoms with Crippen LogP contribution in [-0.4, -0.2) is 49.8 Å². The van der Waals surface area contributed by atoms with E-state index >= 15 is 0 Å². The predicted octanol–water partition coefficient (Wildman–Crippen LogP) is 1.71.